The molecule has 1 amide bonds. The van der Waals surface area contributed by atoms with Gasteiger partial charge in [-0.3, -0.25) is 4.79 Å². The van der Waals surface area contributed by atoms with Crippen molar-refractivity contribution in [2.24, 2.45) is 5.73 Å². The molecule has 0 spiro atoms. The number of carbonyl (C=O) groups excluding carboxylic acids is 1. The molecular formula is C14H18Cl3N3O5S. The lowest BCUT2D eigenvalue weighted by atomic mass is 10.2. The highest BCUT2D eigenvalue weighted by atomic mass is 35.5. The fourth-order valence-corrected chi connectivity index (χ4v) is 4.98. The van der Waals surface area contributed by atoms with Gasteiger partial charge in [-0.15, -0.1) is 12.4 Å². The zero-order valence-electron chi connectivity index (χ0n) is 13.4. The SMILES string of the molecule is Cl.NC[C@H](NC(=O)[C@H]1CCCN1S(=O)(=O)c1cc(Cl)cc(Cl)c1)C(=O)O. The molecule has 0 unspecified atom stereocenters. The zero-order valence-corrected chi connectivity index (χ0v) is 16.5. The normalized spacial score (nSPS) is 18.8. The monoisotopic (exact) mass is 445 g/mol. The first-order valence-electron chi connectivity index (χ1n) is 7.38. The van der Waals surface area contributed by atoms with Crippen LogP contribution in [0.25, 0.3) is 0 Å². The number of carbonyl (C=O) groups is 2. The number of nitrogens with one attached hydrogen (secondary N) is 1. The Morgan fingerprint density at radius 2 is 1.88 bits per heavy atom. The van der Waals surface area contributed by atoms with E-state index in [1.807, 2.05) is 0 Å². The van der Waals surface area contributed by atoms with Gasteiger partial charge in [0.25, 0.3) is 0 Å². The first-order chi connectivity index (χ1) is 11.7. The highest BCUT2D eigenvalue weighted by Crippen LogP contribution is 2.29. The Morgan fingerprint density at radius 1 is 1.31 bits per heavy atom. The number of benzene rings is 1. The van der Waals surface area contributed by atoms with Gasteiger partial charge in [0.1, 0.15) is 12.1 Å². The van der Waals surface area contributed by atoms with E-state index in [1.54, 1.807) is 0 Å². The van der Waals surface area contributed by atoms with Gasteiger partial charge in [0.2, 0.25) is 15.9 Å². The van der Waals surface area contributed by atoms with Crippen LogP contribution in [0.3, 0.4) is 0 Å². The van der Waals surface area contributed by atoms with Gasteiger partial charge in [0.15, 0.2) is 0 Å². The molecule has 1 aromatic rings. The summed E-state index contributed by atoms with van der Waals surface area (Å²) in [4.78, 5) is 23.2. The van der Waals surface area contributed by atoms with E-state index in [9.17, 15) is 18.0 Å². The van der Waals surface area contributed by atoms with E-state index in [0.717, 1.165) is 4.31 Å². The summed E-state index contributed by atoms with van der Waals surface area (Å²) in [6.45, 7) is -0.171. The average Bonchev–Trinajstić information content (AvgIpc) is 3.01. The van der Waals surface area contributed by atoms with Crippen molar-refractivity contribution in [1.29, 1.82) is 0 Å². The number of amides is 1. The van der Waals surface area contributed by atoms with Crippen LogP contribution in [0.1, 0.15) is 12.8 Å². The van der Waals surface area contributed by atoms with Gasteiger partial charge in [-0.05, 0) is 31.0 Å². The number of sulfonamides is 1. The van der Waals surface area contributed by atoms with Crippen LogP contribution < -0.4 is 11.1 Å². The molecule has 1 saturated heterocycles. The molecule has 2 rings (SSSR count). The number of aliphatic carboxylic acids is 1. The van der Waals surface area contributed by atoms with Gasteiger partial charge in [-0.1, -0.05) is 23.2 Å². The molecule has 8 nitrogen and oxygen atoms in total. The van der Waals surface area contributed by atoms with Crippen LogP contribution in [0.4, 0.5) is 0 Å². The van der Waals surface area contributed by atoms with E-state index >= 15 is 0 Å². The molecule has 0 radical (unpaired) electrons. The fraction of sp³-hybridized carbons (Fsp3) is 0.429. The molecule has 0 bridgehead atoms. The van der Waals surface area contributed by atoms with Crippen LogP contribution in [-0.2, 0) is 19.6 Å². The Bertz CT molecular complexity index is 770. The van der Waals surface area contributed by atoms with E-state index in [-0.39, 0.29) is 46.9 Å². The topological polar surface area (TPSA) is 130 Å². The summed E-state index contributed by atoms with van der Waals surface area (Å²) in [6.07, 6.45) is 0.738. The summed E-state index contributed by atoms with van der Waals surface area (Å²) in [6, 6.07) is 1.59. The molecule has 26 heavy (non-hydrogen) atoms. The van der Waals surface area contributed by atoms with Crippen LogP contribution in [-0.4, -0.2) is 54.9 Å². The minimum Gasteiger partial charge on any atom is -0.480 e. The van der Waals surface area contributed by atoms with Crippen molar-refractivity contribution in [2.45, 2.75) is 29.8 Å². The molecule has 12 heteroatoms. The zero-order chi connectivity index (χ0) is 18.8. The maximum absolute atomic E-state index is 12.8. The van der Waals surface area contributed by atoms with Crippen LogP contribution in [0, 0.1) is 0 Å². The van der Waals surface area contributed by atoms with Gasteiger partial charge >= 0.3 is 5.97 Å². The second-order valence-corrected chi connectivity index (χ2v) is 8.28. The van der Waals surface area contributed by atoms with E-state index in [4.69, 9.17) is 34.0 Å². The number of hydrogen-bond acceptors (Lipinski definition) is 5. The predicted molar refractivity (Wildman–Crippen MR) is 99.2 cm³/mol. The van der Waals surface area contributed by atoms with E-state index in [0.29, 0.717) is 6.42 Å². The molecule has 1 heterocycles. The Balaban J connectivity index is 0.00000338. The number of nitrogens with two attached hydrogens (primary N) is 1. The van der Waals surface area contributed by atoms with Crippen molar-refractivity contribution in [2.75, 3.05) is 13.1 Å². The van der Waals surface area contributed by atoms with Crippen LogP contribution >= 0.6 is 35.6 Å². The Labute approximate surface area is 167 Å². The van der Waals surface area contributed by atoms with Crippen LogP contribution in [0.2, 0.25) is 10.0 Å². The molecule has 0 aromatic heterocycles. The quantitative estimate of drug-likeness (QED) is 0.600. The highest BCUT2D eigenvalue weighted by molar-refractivity contribution is 7.89. The molecule has 146 valence electrons. The maximum atomic E-state index is 12.8. The number of halogens is 3. The summed E-state index contributed by atoms with van der Waals surface area (Å²) >= 11 is 11.7. The Morgan fingerprint density at radius 3 is 2.38 bits per heavy atom. The third-order valence-electron chi connectivity index (χ3n) is 3.80. The lowest BCUT2D eigenvalue weighted by Crippen LogP contribution is -2.53. The first-order valence-corrected chi connectivity index (χ1v) is 9.57. The maximum Gasteiger partial charge on any atom is 0.327 e. The van der Waals surface area contributed by atoms with Crippen molar-refractivity contribution < 1.29 is 23.1 Å². The van der Waals surface area contributed by atoms with Crippen molar-refractivity contribution in [3.05, 3.63) is 28.2 Å². The molecule has 1 fully saturated rings. The van der Waals surface area contributed by atoms with Crippen LogP contribution in [0.5, 0.6) is 0 Å². The molecular weight excluding hydrogens is 429 g/mol. The van der Waals surface area contributed by atoms with Crippen molar-refractivity contribution >= 4 is 57.5 Å². The summed E-state index contributed by atoms with van der Waals surface area (Å²) < 4.78 is 26.7. The number of carboxylic acid groups (broad SMARTS) is 1. The summed E-state index contributed by atoms with van der Waals surface area (Å²) in [5.74, 6) is -1.99. The average molecular weight is 447 g/mol. The first kappa shape index (κ1) is 22.9. The summed E-state index contributed by atoms with van der Waals surface area (Å²) in [7, 11) is -4.02. The molecule has 0 saturated carbocycles. The highest BCUT2D eigenvalue weighted by Gasteiger charge is 2.40. The number of hydrogen-bond donors (Lipinski definition) is 3. The molecule has 1 aliphatic heterocycles. The van der Waals surface area contributed by atoms with E-state index in [1.165, 1.54) is 18.2 Å². The van der Waals surface area contributed by atoms with Gasteiger partial charge < -0.3 is 16.2 Å². The van der Waals surface area contributed by atoms with Gasteiger partial charge in [-0.25, -0.2) is 13.2 Å². The lowest BCUT2D eigenvalue weighted by molar-refractivity contribution is -0.142. The smallest absolute Gasteiger partial charge is 0.327 e. The molecule has 1 aromatic carbocycles. The molecule has 0 aliphatic carbocycles. The number of carboxylic acids is 1. The van der Waals surface area contributed by atoms with Crippen molar-refractivity contribution in [1.82, 2.24) is 9.62 Å². The van der Waals surface area contributed by atoms with Crippen LogP contribution in [0.15, 0.2) is 23.1 Å². The Hall–Kier alpha value is -1.10. The van der Waals surface area contributed by atoms with Crippen molar-refractivity contribution in [3.8, 4) is 0 Å². The van der Waals surface area contributed by atoms with E-state index in [2.05, 4.69) is 5.32 Å². The number of nitrogens with zero attached hydrogens (tertiary/aromatic N) is 1. The largest absolute Gasteiger partial charge is 0.480 e. The fourth-order valence-electron chi connectivity index (χ4n) is 2.59. The van der Waals surface area contributed by atoms with E-state index < -0.39 is 34.0 Å². The van der Waals surface area contributed by atoms with Gasteiger partial charge in [0.05, 0.1) is 4.90 Å². The van der Waals surface area contributed by atoms with Gasteiger partial charge in [0, 0.05) is 23.1 Å². The second kappa shape index (κ2) is 9.20. The minimum atomic E-state index is -4.02. The minimum absolute atomic E-state index is 0. The number of rotatable bonds is 6. The summed E-state index contributed by atoms with van der Waals surface area (Å²) in [5, 5.41) is 11.5. The molecule has 1 aliphatic rings. The standard InChI is InChI=1S/C14H17Cl2N3O5S.ClH/c15-8-4-9(16)6-10(5-8)25(23,24)19-3-1-2-12(19)13(20)18-11(7-17)14(21)22;/h4-6,11-12H,1-3,7,17H2,(H,18,20)(H,21,22);1H/t11-,12+;/m0./s1. The third kappa shape index (κ3) is 4.99. The molecule has 4 N–H and O–H groups in total. The van der Waals surface area contributed by atoms with Crippen molar-refractivity contribution in [3.63, 3.8) is 0 Å². The third-order valence-corrected chi connectivity index (χ3v) is 6.12. The summed E-state index contributed by atoms with van der Waals surface area (Å²) in [5.41, 5.74) is 5.31. The van der Waals surface area contributed by atoms with Gasteiger partial charge in [-0.2, -0.15) is 4.31 Å². The molecule has 2 atom stereocenters. The second-order valence-electron chi connectivity index (χ2n) is 5.51. The Kier molecular flexibility index (Phi) is 8.12. The predicted octanol–water partition coefficient (Wildman–Crippen LogP) is 1.10. The lowest BCUT2D eigenvalue weighted by Gasteiger charge is -2.24.